The smallest absolute Gasteiger partial charge is 0.191 e. The largest absolute Gasteiger partial charge is 0.490 e. The summed E-state index contributed by atoms with van der Waals surface area (Å²) < 4.78 is 8.21. The highest BCUT2D eigenvalue weighted by atomic mass is 127. The van der Waals surface area contributed by atoms with Gasteiger partial charge in [0.25, 0.3) is 0 Å². The first-order chi connectivity index (χ1) is 14.0. The third-order valence-corrected chi connectivity index (χ3v) is 5.09. The topological polar surface area (TPSA) is 63.5 Å². The third-order valence-electron chi connectivity index (χ3n) is 5.09. The van der Waals surface area contributed by atoms with Gasteiger partial charge in [-0.15, -0.1) is 24.0 Å². The summed E-state index contributed by atoms with van der Waals surface area (Å²) in [5.41, 5.74) is 4.43. The maximum atomic E-state index is 6.11. The van der Waals surface area contributed by atoms with Gasteiger partial charge in [-0.25, -0.2) is 4.98 Å². The van der Waals surface area contributed by atoms with Crippen molar-refractivity contribution in [3.63, 3.8) is 0 Å². The van der Waals surface area contributed by atoms with Gasteiger partial charge in [0, 0.05) is 26.2 Å². The van der Waals surface area contributed by atoms with Crippen molar-refractivity contribution in [2.45, 2.75) is 46.4 Å². The van der Waals surface area contributed by atoms with E-state index in [1.54, 1.807) is 7.05 Å². The van der Waals surface area contributed by atoms with E-state index in [1.165, 1.54) is 5.56 Å². The molecule has 0 spiro atoms. The second kappa shape index (κ2) is 11.2. The highest BCUT2D eigenvalue weighted by molar-refractivity contribution is 14.0. The Labute approximate surface area is 196 Å². The number of para-hydroxylation sites is 2. The zero-order chi connectivity index (χ0) is 20.8. The normalized spacial score (nSPS) is 12.4. The minimum Gasteiger partial charge on any atom is -0.490 e. The summed E-state index contributed by atoms with van der Waals surface area (Å²) in [6, 6.07) is 14.5. The molecule has 30 heavy (non-hydrogen) atoms. The highest BCUT2D eigenvalue weighted by Gasteiger charge is 2.10. The fourth-order valence-corrected chi connectivity index (χ4v) is 3.13. The quantitative estimate of drug-likeness (QED) is 0.272. The molecule has 3 aromatic rings. The third kappa shape index (κ3) is 5.87. The van der Waals surface area contributed by atoms with Gasteiger partial charge in [0.05, 0.1) is 23.7 Å². The summed E-state index contributed by atoms with van der Waals surface area (Å²) in [4.78, 5) is 9.04. The Morgan fingerprint density at radius 3 is 2.60 bits per heavy atom. The molecule has 0 aliphatic carbocycles. The Bertz CT molecular complexity index is 998. The Kier molecular flexibility index (Phi) is 8.95. The molecule has 0 saturated heterocycles. The molecule has 0 fully saturated rings. The van der Waals surface area contributed by atoms with E-state index in [-0.39, 0.29) is 30.1 Å². The van der Waals surface area contributed by atoms with E-state index in [2.05, 4.69) is 65.2 Å². The van der Waals surface area contributed by atoms with Gasteiger partial charge in [0.2, 0.25) is 0 Å². The van der Waals surface area contributed by atoms with Gasteiger partial charge < -0.3 is 19.9 Å². The Morgan fingerprint density at radius 1 is 1.17 bits per heavy atom. The lowest BCUT2D eigenvalue weighted by atomic mass is 10.1. The lowest BCUT2D eigenvalue weighted by Crippen LogP contribution is -2.37. The number of fused-ring (bicyclic) bond motifs is 1. The summed E-state index contributed by atoms with van der Waals surface area (Å²) in [6.45, 7) is 7.53. The minimum atomic E-state index is 0. The van der Waals surface area contributed by atoms with Gasteiger partial charge in [0.15, 0.2) is 5.96 Å². The number of ether oxygens (including phenoxy) is 1. The Morgan fingerprint density at radius 2 is 1.90 bits per heavy atom. The first kappa shape index (κ1) is 24.0. The summed E-state index contributed by atoms with van der Waals surface area (Å²) in [6.07, 6.45) is 1.16. The van der Waals surface area contributed by atoms with Crippen LogP contribution < -0.4 is 15.4 Å². The number of nitrogens with zero attached hydrogens (tertiary/aromatic N) is 3. The molecule has 2 aromatic carbocycles. The number of aryl methyl sites for hydroxylation is 2. The van der Waals surface area contributed by atoms with E-state index in [1.807, 2.05) is 25.2 Å². The van der Waals surface area contributed by atoms with Crippen LogP contribution in [0.4, 0.5) is 0 Å². The van der Waals surface area contributed by atoms with Crippen LogP contribution in [0.2, 0.25) is 0 Å². The number of guanidine groups is 1. The maximum absolute atomic E-state index is 6.11. The van der Waals surface area contributed by atoms with Crippen molar-refractivity contribution >= 4 is 41.0 Å². The molecule has 0 aliphatic heterocycles. The van der Waals surface area contributed by atoms with Crippen LogP contribution in [0.3, 0.4) is 0 Å². The van der Waals surface area contributed by atoms with Crippen molar-refractivity contribution < 1.29 is 4.74 Å². The van der Waals surface area contributed by atoms with E-state index in [4.69, 9.17) is 9.72 Å². The van der Waals surface area contributed by atoms with Crippen molar-refractivity contribution in [2.24, 2.45) is 12.0 Å². The average Bonchev–Trinajstić information content (AvgIpc) is 3.05. The number of aliphatic imine (C=N–C) groups is 1. The summed E-state index contributed by atoms with van der Waals surface area (Å²) >= 11 is 0. The number of halogens is 1. The second-order valence-corrected chi connectivity index (χ2v) is 7.30. The Hall–Kier alpha value is -2.29. The number of nitrogens with one attached hydrogen (secondary N) is 2. The van der Waals surface area contributed by atoms with Crippen LogP contribution >= 0.6 is 24.0 Å². The molecule has 0 aliphatic rings. The molecule has 162 valence electrons. The number of aromatic nitrogens is 2. The summed E-state index contributed by atoms with van der Waals surface area (Å²) in [5, 5.41) is 6.74. The van der Waals surface area contributed by atoms with Gasteiger partial charge in [0.1, 0.15) is 11.6 Å². The molecule has 0 amide bonds. The van der Waals surface area contributed by atoms with Crippen LogP contribution in [-0.2, 0) is 20.1 Å². The van der Waals surface area contributed by atoms with Gasteiger partial charge in [-0.05, 0) is 44.0 Å². The Balaban J connectivity index is 0.00000320. The molecule has 1 aromatic heterocycles. The molecule has 1 heterocycles. The minimum absolute atomic E-state index is 0. The molecular weight excluding hydrogens is 489 g/mol. The van der Waals surface area contributed by atoms with Crippen LogP contribution in [0.25, 0.3) is 11.0 Å². The van der Waals surface area contributed by atoms with Crippen LogP contribution in [0.15, 0.2) is 47.5 Å². The van der Waals surface area contributed by atoms with Crippen molar-refractivity contribution in [1.82, 2.24) is 20.2 Å². The van der Waals surface area contributed by atoms with Gasteiger partial charge >= 0.3 is 0 Å². The zero-order valence-corrected chi connectivity index (χ0v) is 20.7. The van der Waals surface area contributed by atoms with Gasteiger partial charge in [-0.2, -0.15) is 0 Å². The number of rotatable bonds is 7. The number of imidazole rings is 1. The molecule has 3 rings (SSSR count). The van der Waals surface area contributed by atoms with E-state index in [0.29, 0.717) is 13.1 Å². The van der Waals surface area contributed by atoms with Crippen LogP contribution in [0, 0.1) is 6.92 Å². The van der Waals surface area contributed by atoms with E-state index in [9.17, 15) is 0 Å². The lowest BCUT2D eigenvalue weighted by molar-refractivity contribution is 0.215. The van der Waals surface area contributed by atoms with Crippen LogP contribution in [-0.4, -0.2) is 28.7 Å². The second-order valence-electron chi connectivity index (χ2n) is 7.30. The predicted octanol–water partition coefficient (Wildman–Crippen LogP) is 4.54. The molecule has 2 N–H and O–H groups in total. The van der Waals surface area contributed by atoms with Crippen molar-refractivity contribution in [3.05, 3.63) is 59.4 Å². The first-order valence-electron chi connectivity index (χ1n) is 10.1. The lowest BCUT2D eigenvalue weighted by Gasteiger charge is -2.18. The number of hydrogen-bond donors (Lipinski definition) is 2. The van der Waals surface area contributed by atoms with Crippen molar-refractivity contribution in [3.8, 4) is 5.75 Å². The molecule has 0 bridgehead atoms. The number of benzene rings is 2. The molecular formula is C23H32IN5O. The average molecular weight is 521 g/mol. The standard InChI is InChI=1S/C23H31N5O.HI/c1-6-17(3)29-21-13-16(2)11-12-18(21)14-25-23(24-4)26-15-22-27-19-9-7-8-10-20(19)28(22)5;/h7-13,17H,6,14-15H2,1-5H3,(H2,24,25,26);1H. The molecule has 6 nitrogen and oxygen atoms in total. The molecule has 1 atom stereocenters. The van der Waals surface area contributed by atoms with Gasteiger partial charge in [-0.1, -0.05) is 31.2 Å². The van der Waals surface area contributed by atoms with Crippen LogP contribution in [0.1, 0.15) is 37.2 Å². The van der Waals surface area contributed by atoms with E-state index in [0.717, 1.165) is 40.6 Å². The molecule has 7 heteroatoms. The first-order valence-corrected chi connectivity index (χ1v) is 10.1. The SMILES string of the molecule is CCC(C)Oc1cc(C)ccc1CNC(=NC)NCc1nc2ccccc2n1C.I. The van der Waals surface area contributed by atoms with Crippen molar-refractivity contribution in [1.29, 1.82) is 0 Å². The highest BCUT2D eigenvalue weighted by Crippen LogP contribution is 2.22. The molecule has 1 unspecified atom stereocenters. The van der Waals surface area contributed by atoms with Crippen LogP contribution in [0.5, 0.6) is 5.75 Å². The van der Waals surface area contributed by atoms with E-state index < -0.39 is 0 Å². The molecule has 0 saturated carbocycles. The number of hydrogen-bond acceptors (Lipinski definition) is 3. The monoisotopic (exact) mass is 521 g/mol. The van der Waals surface area contributed by atoms with Gasteiger partial charge in [-0.3, -0.25) is 4.99 Å². The maximum Gasteiger partial charge on any atom is 0.191 e. The predicted molar refractivity (Wildman–Crippen MR) is 135 cm³/mol. The fraction of sp³-hybridized carbons (Fsp3) is 0.391. The fourth-order valence-electron chi connectivity index (χ4n) is 3.13. The molecule has 0 radical (unpaired) electrons. The summed E-state index contributed by atoms with van der Waals surface area (Å²) in [5.74, 6) is 2.62. The van der Waals surface area contributed by atoms with Crippen molar-refractivity contribution in [2.75, 3.05) is 7.05 Å². The summed E-state index contributed by atoms with van der Waals surface area (Å²) in [7, 11) is 3.81. The zero-order valence-electron chi connectivity index (χ0n) is 18.4. The van der Waals surface area contributed by atoms with E-state index >= 15 is 0 Å².